The lowest BCUT2D eigenvalue weighted by Gasteiger charge is -2.16. The van der Waals surface area contributed by atoms with Gasteiger partial charge in [-0.25, -0.2) is 0 Å². The van der Waals surface area contributed by atoms with Crippen LogP contribution in [0.1, 0.15) is 13.3 Å². The number of nitro benzene ring substituents is 1. The Kier molecular flexibility index (Phi) is 5.38. The van der Waals surface area contributed by atoms with E-state index in [-0.39, 0.29) is 11.7 Å². The number of ether oxygens (including phenoxy) is 2. The monoisotopic (exact) mass is 254 g/mol. The van der Waals surface area contributed by atoms with E-state index in [4.69, 9.17) is 9.47 Å². The van der Waals surface area contributed by atoms with E-state index in [2.05, 4.69) is 5.32 Å². The van der Waals surface area contributed by atoms with Crippen LogP contribution in [-0.2, 0) is 4.74 Å². The predicted octanol–water partition coefficient (Wildman–Crippen LogP) is 2.44. The molecule has 1 aromatic rings. The second kappa shape index (κ2) is 6.80. The fourth-order valence-electron chi connectivity index (χ4n) is 1.55. The van der Waals surface area contributed by atoms with Gasteiger partial charge in [-0.15, -0.1) is 0 Å². The van der Waals surface area contributed by atoms with Crippen LogP contribution in [0.2, 0.25) is 0 Å². The zero-order valence-corrected chi connectivity index (χ0v) is 10.8. The van der Waals surface area contributed by atoms with E-state index in [1.165, 1.54) is 19.2 Å². The Morgan fingerprint density at radius 2 is 2.17 bits per heavy atom. The van der Waals surface area contributed by atoms with Crippen molar-refractivity contribution in [2.45, 2.75) is 19.4 Å². The zero-order valence-electron chi connectivity index (χ0n) is 10.8. The lowest BCUT2D eigenvalue weighted by molar-refractivity contribution is -0.384. The SMILES string of the molecule is COCCC(C)Nc1cc([N+](=O)[O-])ccc1OC. The van der Waals surface area contributed by atoms with Crippen LogP contribution in [0, 0.1) is 10.1 Å². The number of anilines is 1. The molecule has 0 aliphatic carbocycles. The smallest absolute Gasteiger partial charge is 0.271 e. The molecule has 0 aromatic heterocycles. The second-order valence-electron chi connectivity index (χ2n) is 3.97. The van der Waals surface area contributed by atoms with Crippen LogP contribution >= 0.6 is 0 Å². The van der Waals surface area contributed by atoms with E-state index in [1.54, 1.807) is 13.2 Å². The molecule has 6 nitrogen and oxygen atoms in total. The molecule has 0 radical (unpaired) electrons. The average molecular weight is 254 g/mol. The topological polar surface area (TPSA) is 73.6 Å². The Morgan fingerprint density at radius 3 is 2.72 bits per heavy atom. The number of methoxy groups -OCH3 is 2. The van der Waals surface area contributed by atoms with Gasteiger partial charge in [-0.05, 0) is 19.4 Å². The summed E-state index contributed by atoms with van der Waals surface area (Å²) in [5.74, 6) is 0.588. The van der Waals surface area contributed by atoms with Gasteiger partial charge in [0.25, 0.3) is 5.69 Å². The van der Waals surface area contributed by atoms with Crippen molar-refractivity contribution >= 4 is 11.4 Å². The number of hydrogen-bond donors (Lipinski definition) is 1. The summed E-state index contributed by atoms with van der Waals surface area (Å²) in [4.78, 5) is 10.3. The Morgan fingerprint density at radius 1 is 1.44 bits per heavy atom. The van der Waals surface area contributed by atoms with E-state index in [9.17, 15) is 10.1 Å². The van der Waals surface area contributed by atoms with Gasteiger partial charge in [0.15, 0.2) is 0 Å². The first kappa shape index (κ1) is 14.2. The van der Waals surface area contributed by atoms with Gasteiger partial charge in [0.05, 0.1) is 17.7 Å². The standard InChI is InChI=1S/C12H18N2O4/c1-9(6-7-17-2)13-11-8-10(14(15)16)4-5-12(11)18-3/h4-5,8-9,13H,6-7H2,1-3H3. The number of nitrogens with one attached hydrogen (secondary N) is 1. The van der Waals surface area contributed by atoms with Crippen molar-refractivity contribution in [1.29, 1.82) is 0 Å². The lowest BCUT2D eigenvalue weighted by Crippen LogP contribution is -2.17. The molecule has 18 heavy (non-hydrogen) atoms. The molecular formula is C12H18N2O4. The maximum atomic E-state index is 10.7. The number of benzene rings is 1. The first-order chi connectivity index (χ1) is 8.58. The number of non-ortho nitro benzene ring substituents is 1. The van der Waals surface area contributed by atoms with Crippen LogP contribution in [0.15, 0.2) is 18.2 Å². The van der Waals surface area contributed by atoms with Gasteiger partial charge in [-0.3, -0.25) is 10.1 Å². The summed E-state index contributed by atoms with van der Waals surface area (Å²) < 4.78 is 10.2. The molecule has 1 unspecified atom stereocenters. The summed E-state index contributed by atoms with van der Waals surface area (Å²) in [6, 6.07) is 4.62. The fraction of sp³-hybridized carbons (Fsp3) is 0.500. The molecule has 0 aliphatic heterocycles. The van der Waals surface area contributed by atoms with Crippen molar-refractivity contribution in [3.63, 3.8) is 0 Å². The van der Waals surface area contributed by atoms with Crippen LogP contribution in [-0.4, -0.2) is 31.8 Å². The highest BCUT2D eigenvalue weighted by molar-refractivity contribution is 5.61. The molecule has 100 valence electrons. The van der Waals surface area contributed by atoms with Gasteiger partial charge in [-0.2, -0.15) is 0 Å². The third-order valence-corrected chi connectivity index (χ3v) is 2.55. The summed E-state index contributed by atoms with van der Waals surface area (Å²) in [6.07, 6.45) is 0.808. The molecule has 0 saturated heterocycles. The predicted molar refractivity (Wildman–Crippen MR) is 69.2 cm³/mol. The third-order valence-electron chi connectivity index (χ3n) is 2.55. The molecule has 1 atom stereocenters. The number of rotatable bonds is 7. The highest BCUT2D eigenvalue weighted by Gasteiger charge is 2.12. The Hall–Kier alpha value is -1.82. The zero-order chi connectivity index (χ0) is 13.5. The summed E-state index contributed by atoms with van der Waals surface area (Å²) in [5, 5.41) is 13.9. The molecule has 0 bridgehead atoms. The summed E-state index contributed by atoms with van der Waals surface area (Å²) in [6.45, 7) is 2.61. The van der Waals surface area contributed by atoms with Gasteiger partial charge < -0.3 is 14.8 Å². The maximum Gasteiger partial charge on any atom is 0.271 e. The maximum absolute atomic E-state index is 10.7. The van der Waals surface area contributed by atoms with Gasteiger partial charge >= 0.3 is 0 Å². The first-order valence-electron chi connectivity index (χ1n) is 5.66. The summed E-state index contributed by atoms with van der Waals surface area (Å²) >= 11 is 0. The van der Waals surface area contributed by atoms with Gasteiger partial charge in [0.2, 0.25) is 0 Å². The Bertz CT molecular complexity index is 409. The minimum atomic E-state index is -0.426. The Balaban J connectivity index is 2.84. The van der Waals surface area contributed by atoms with Crippen molar-refractivity contribution in [3.05, 3.63) is 28.3 Å². The number of hydrogen-bond acceptors (Lipinski definition) is 5. The summed E-state index contributed by atoms with van der Waals surface area (Å²) in [5.41, 5.74) is 0.660. The first-order valence-corrected chi connectivity index (χ1v) is 5.66. The van der Waals surface area contributed by atoms with Crippen molar-refractivity contribution < 1.29 is 14.4 Å². The van der Waals surface area contributed by atoms with E-state index in [0.29, 0.717) is 18.0 Å². The number of nitrogens with zero attached hydrogens (tertiary/aromatic N) is 1. The highest BCUT2D eigenvalue weighted by Crippen LogP contribution is 2.29. The third kappa shape index (κ3) is 3.89. The van der Waals surface area contributed by atoms with Crippen molar-refractivity contribution in [2.75, 3.05) is 26.1 Å². The molecule has 0 aliphatic rings. The normalized spacial score (nSPS) is 11.9. The van der Waals surface area contributed by atoms with Gasteiger partial charge in [0.1, 0.15) is 5.75 Å². The van der Waals surface area contributed by atoms with Crippen LogP contribution < -0.4 is 10.1 Å². The molecule has 0 amide bonds. The molecule has 0 spiro atoms. The molecule has 1 rings (SSSR count). The molecule has 0 fully saturated rings. The van der Waals surface area contributed by atoms with E-state index < -0.39 is 4.92 Å². The van der Waals surface area contributed by atoms with Gasteiger partial charge in [-0.1, -0.05) is 0 Å². The Labute approximate surface area is 106 Å². The lowest BCUT2D eigenvalue weighted by atomic mass is 10.2. The van der Waals surface area contributed by atoms with Crippen molar-refractivity contribution in [3.8, 4) is 5.75 Å². The minimum absolute atomic E-state index is 0.0391. The quantitative estimate of drug-likeness (QED) is 0.597. The molecule has 1 N–H and O–H groups in total. The average Bonchev–Trinajstić information content (AvgIpc) is 2.36. The largest absolute Gasteiger partial charge is 0.495 e. The summed E-state index contributed by atoms with van der Waals surface area (Å²) in [7, 11) is 3.17. The van der Waals surface area contributed by atoms with Crippen molar-refractivity contribution in [2.24, 2.45) is 0 Å². The molecule has 6 heteroatoms. The van der Waals surface area contributed by atoms with E-state index in [0.717, 1.165) is 6.42 Å². The molecule has 0 saturated carbocycles. The van der Waals surface area contributed by atoms with E-state index >= 15 is 0 Å². The van der Waals surface area contributed by atoms with Crippen molar-refractivity contribution in [1.82, 2.24) is 0 Å². The van der Waals surface area contributed by atoms with Crippen LogP contribution in [0.25, 0.3) is 0 Å². The van der Waals surface area contributed by atoms with E-state index in [1.807, 2.05) is 6.92 Å². The fourth-order valence-corrected chi connectivity index (χ4v) is 1.55. The molecule has 0 heterocycles. The number of nitro groups is 1. The highest BCUT2D eigenvalue weighted by atomic mass is 16.6. The second-order valence-corrected chi connectivity index (χ2v) is 3.97. The molecular weight excluding hydrogens is 236 g/mol. The van der Waals surface area contributed by atoms with Gasteiger partial charge in [0, 0.05) is 31.9 Å². The van der Waals surface area contributed by atoms with Crippen LogP contribution in [0.4, 0.5) is 11.4 Å². The molecule has 1 aromatic carbocycles. The van der Waals surface area contributed by atoms with Crippen LogP contribution in [0.3, 0.4) is 0 Å². The minimum Gasteiger partial charge on any atom is -0.495 e. The van der Waals surface area contributed by atoms with Crippen LogP contribution in [0.5, 0.6) is 5.75 Å².